The van der Waals surface area contributed by atoms with Crippen LogP contribution in [0.2, 0.25) is 0 Å². The Bertz CT molecular complexity index is 365. The number of amides is 1. The number of hydrogen-bond acceptors (Lipinski definition) is 3. The van der Waals surface area contributed by atoms with Crippen molar-refractivity contribution in [2.45, 2.75) is 26.5 Å². The molecule has 0 radical (unpaired) electrons. The summed E-state index contributed by atoms with van der Waals surface area (Å²) in [6.45, 7) is 5.37. The first-order chi connectivity index (χ1) is 7.66. The topological polar surface area (TPSA) is 42.4 Å². The Morgan fingerprint density at radius 2 is 2.44 bits per heavy atom. The standard InChI is InChI=1S/C12H16N2O2/c1-9(2)11-8-14(12(15)16-11)7-10-4-3-5-13-6-10/h3-6,9,11H,7-8H2,1-2H3/t11-/m0/s1. The van der Waals surface area contributed by atoms with E-state index in [0.29, 0.717) is 19.0 Å². The summed E-state index contributed by atoms with van der Waals surface area (Å²) in [6, 6.07) is 3.83. The number of ether oxygens (including phenoxy) is 1. The zero-order valence-electron chi connectivity index (χ0n) is 9.59. The summed E-state index contributed by atoms with van der Waals surface area (Å²) >= 11 is 0. The lowest BCUT2D eigenvalue weighted by atomic mass is 10.1. The molecule has 0 N–H and O–H groups in total. The number of carbonyl (C=O) groups excluding carboxylic acids is 1. The molecule has 86 valence electrons. The van der Waals surface area contributed by atoms with Crippen LogP contribution in [-0.4, -0.2) is 28.6 Å². The number of hydrogen-bond donors (Lipinski definition) is 0. The molecule has 16 heavy (non-hydrogen) atoms. The van der Waals surface area contributed by atoms with Crippen LogP contribution >= 0.6 is 0 Å². The van der Waals surface area contributed by atoms with E-state index in [-0.39, 0.29) is 12.2 Å². The van der Waals surface area contributed by atoms with E-state index < -0.39 is 0 Å². The number of cyclic esters (lactones) is 1. The van der Waals surface area contributed by atoms with Crippen molar-refractivity contribution in [1.82, 2.24) is 9.88 Å². The van der Waals surface area contributed by atoms with Crippen molar-refractivity contribution in [3.05, 3.63) is 30.1 Å². The molecule has 1 atom stereocenters. The van der Waals surface area contributed by atoms with Crippen LogP contribution in [0.1, 0.15) is 19.4 Å². The van der Waals surface area contributed by atoms with Gasteiger partial charge in [0, 0.05) is 12.4 Å². The van der Waals surface area contributed by atoms with Gasteiger partial charge >= 0.3 is 6.09 Å². The van der Waals surface area contributed by atoms with Crippen molar-refractivity contribution in [1.29, 1.82) is 0 Å². The van der Waals surface area contributed by atoms with Gasteiger partial charge < -0.3 is 9.64 Å². The van der Waals surface area contributed by atoms with Gasteiger partial charge in [0.1, 0.15) is 6.10 Å². The molecule has 1 aromatic rings. The van der Waals surface area contributed by atoms with Gasteiger partial charge in [-0.3, -0.25) is 4.98 Å². The van der Waals surface area contributed by atoms with Crippen LogP contribution in [0.5, 0.6) is 0 Å². The summed E-state index contributed by atoms with van der Waals surface area (Å²) < 4.78 is 5.27. The molecule has 1 aromatic heterocycles. The third kappa shape index (κ3) is 2.32. The maximum atomic E-state index is 11.6. The maximum absolute atomic E-state index is 11.6. The molecule has 4 nitrogen and oxygen atoms in total. The Hall–Kier alpha value is -1.58. The Morgan fingerprint density at radius 1 is 1.62 bits per heavy atom. The van der Waals surface area contributed by atoms with Crippen LogP contribution in [0, 0.1) is 5.92 Å². The van der Waals surface area contributed by atoms with Crippen molar-refractivity contribution < 1.29 is 9.53 Å². The van der Waals surface area contributed by atoms with Crippen LogP contribution in [0.25, 0.3) is 0 Å². The van der Waals surface area contributed by atoms with Gasteiger partial charge in [0.05, 0.1) is 13.1 Å². The van der Waals surface area contributed by atoms with E-state index in [1.807, 2.05) is 12.1 Å². The van der Waals surface area contributed by atoms with Gasteiger partial charge in [-0.05, 0) is 17.5 Å². The van der Waals surface area contributed by atoms with Gasteiger partial charge in [0.2, 0.25) is 0 Å². The fourth-order valence-electron chi connectivity index (χ4n) is 1.72. The minimum Gasteiger partial charge on any atom is -0.444 e. The average molecular weight is 220 g/mol. The first-order valence-corrected chi connectivity index (χ1v) is 5.51. The van der Waals surface area contributed by atoms with E-state index in [0.717, 1.165) is 5.56 Å². The van der Waals surface area contributed by atoms with Gasteiger partial charge in [-0.15, -0.1) is 0 Å². The molecule has 4 heteroatoms. The van der Waals surface area contributed by atoms with Gasteiger partial charge in [0.25, 0.3) is 0 Å². The highest BCUT2D eigenvalue weighted by atomic mass is 16.6. The highest BCUT2D eigenvalue weighted by Crippen LogP contribution is 2.19. The SMILES string of the molecule is CC(C)[C@@H]1CN(Cc2cccnc2)C(=O)O1. The molecule has 2 heterocycles. The third-order valence-electron chi connectivity index (χ3n) is 2.75. The fraction of sp³-hybridized carbons (Fsp3) is 0.500. The lowest BCUT2D eigenvalue weighted by molar-refractivity contribution is 0.112. The van der Waals surface area contributed by atoms with Crippen LogP contribution in [0.3, 0.4) is 0 Å². The van der Waals surface area contributed by atoms with E-state index in [4.69, 9.17) is 4.74 Å². The Kier molecular flexibility index (Phi) is 3.08. The van der Waals surface area contributed by atoms with Gasteiger partial charge in [-0.2, -0.15) is 0 Å². The summed E-state index contributed by atoms with van der Waals surface area (Å²) in [7, 11) is 0. The van der Waals surface area contributed by atoms with Gasteiger partial charge in [0.15, 0.2) is 0 Å². The minimum absolute atomic E-state index is 0.0178. The summed E-state index contributed by atoms with van der Waals surface area (Å²) in [6.07, 6.45) is 3.30. The number of rotatable bonds is 3. The molecule has 1 aliphatic rings. The van der Waals surface area contributed by atoms with Crippen molar-refractivity contribution in [2.24, 2.45) is 5.92 Å². The lowest BCUT2D eigenvalue weighted by Gasteiger charge is -2.13. The summed E-state index contributed by atoms with van der Waals surface area (Å²) in [4.78, 5) is 17.3. The van der Waals surface area contributed by atoms with E-state index in [1.165, 1.54) is 0 Å². The van der Waals surface area contributed by atoms with Gasteiger partial charge in [-0.1, -0.05) is 19.9 Å². The first-order valence-electron chi connectivity index (χ1n) is 5.51. The molecule has 0 bridgehead atoms. The molecular formula is C12H16N2O2. The van der Waals surface area contributed by atoms with E-state index in [1.54, 1.807) is 17.3 Å². The zero-order chi connectivity index (χ0) is 11.5. The number of nitrogens with zero attached hydrogens (tertiary/aromatic N) is 2. The minimum atomic E-state index is -0.220. The van der Waals surface area contributed by atoms with E-state index in [9.17, 15) is 4.79 Å². The van der Waals surface area contributed by atoms with Gasteiger partial charge in [-0.25, -0.2) is 4.79 Å². The van der Waals surface area contributed by atoms with E-state index in [2.05, 4.69) is 18.8 Å². The normalized spacial score (nSPS) is 20.3. The second kappa shape index (κ2) is 4.51. The van der Waals surface area contributed by atoms with Crippen LogP contribution in [-0.2, 0) is 11.3 Å². The molecule has 1 saturated heterocycles. The van der Waals surface area contributed by atoms with Crippen molar-refractivity contribution >= 4 is 6.09 Å². The van der Waals surface area contributed by atoms with Crippen LogP contribution in [0.4, 0.5) is 4.79 Å². The highest BCUT2D eigenvalue weighted by Gasteiger charge is 2.32. The third-order valence-corrected chi connectivity index (χ3v) is 2.75. The highest BCUT2D eigenvalue weighted by molar-refractivity contribution is 5.69. The second-order valence-corrected chi connectivity index (χ2v) is 4.41. The molecule has 1 fully saturated rings. The first kappa shape index (κ1) is 10.9. The fourth-order valence-corrected chi connectivity index (χ4v) is 1.72. The van der Waals surface area contributed by atoms with Crippen LogP contribution in [0.15, 0.2) is 24.5 Å². The monoisotopic (exact) mass is 220 g/mol. The smallest absolute Gasteiger partial charge is 0.410 e. The molecule has 0 aromatic carbocycles. The van der Waals surface area contributed by atoms with Crippen molar-refractivity contribution in [3.8, 4) is 0 Å². The maximum Gasteiger partial charge on any atom is 0.410 e. The number of pyridine rings is 1. The van der Waals surface area contributed by atoms with Crippen molar-refractivity contribution in [2.75, 3.05) is 6.54 Å². The molecule has 1 aliphatic heterocycles. The zero-order valence-corrected chi connectivity index (χ0v) is 9.59. The lowest BCUT2D eigenvalue weighted by Crippen LogP contribution is -2.25. The van der Waals surface area contributed by atoms with E-state index >= 15 is 0 Å². The molecular weight excluding hydrogens is 204 g/mol. The molecule has 0 unspecified atom stereocenters. The van der Waals surface area contributed by atoms with Crippen LogP contribution < -0.4 is 0 Å². The summed E-state index contributed by atoms with van der Waals surface area (Å²) in [5.74, 6) is 0.364. The predicted octanol–water partition coefficient (Wildman–Crippen LogP) is 2.06. The van der Waals surface area contributed by atoms with Crippen molar-refractivity contribution in [3.63, 3.8) is 0 Å². The predicted molar refractivity (Wildman–Crippen MR) is 59.8 cm³/mol. The summed E-state index contributed by atoms with van der Waals surface area (Å²) in [5, 5.41) is 0. The second-order valence-electron chi connectivity index (χ2n) is 4.41. The summed E-state index contributed by atoms with van der Waals surface area (Å²) in [5.41, 5.74) is 1.03. The largest absolute Gasteiger partial charge is 0.444 e. The molecule has 1 amide bonds. The Morgan fingerprint density at radius 3 is 3.00 bits per heavy atom. The number of aromatic nitrogens is 1. The average Bonchev–Trinajstić information content (AvgIpc) is 2.62. The molecule has 2 rings (SSSR count). The molecule has 0 saturated carbocycles. The quantitative estimate of drug-likeness (QED) is 0.783. The Labute approximate surface area is 95.2 Å². The molecule has 0 aliphatic carbocycles. The number of carbonyl (C=O) groups is 1. The Balaban J connectivity index is 1.99. The molecule has 0 spiro atoms.